The summed E-state index contributed by atoms with van der Waals surface area (Å²) in [7, 11) is 0. The lowest BCUT2D eigenvalue weighted by Crippen LogP contribution is -2.41. The number of aliphatic hydroxyl groups excluding tert-OH is 1. The number of aromatic nitrogens is 2. The Morgan fingerprint density at radius 1 is 1.74 bits per heavy atom. The lowest BCUT2D eigenvalue weighted by Gasteiger charge is -2.28. The molecule has 0 amide bonds. The number of nitrogens with zero attached hydrogens (tertiary/aromatic N) is 2. The fourth-order valence-corrected chi connectivity index (χ4v) is 2.63. The number of ether oxygens (including phenoxy) is 1. The van der Waals surface area contributed by atoms with Crippen molar-refractivity contribution in [3.8, 4) is 0 Å². The number of aliphatic hydroxyl groups is 1. The van der Waals surface area contributed by atoms with E-state index in [9.17, 15) is 9.90 Å². The molecule has 1 aromatic rings. The molecular weight excluding hydrogens is 274 g/mol. The van der Waals surface area contributed by atoms with Crippen molar-refractivity contribution >= 4 is 17.4 Å². The number of halogens is 1. The predicted octanol–water partition coefficient (Wildman–Crippen LogP) is 0.569. The van der Waals surface area contributed by atoms with Gasteiger partial charge in [0.25, 0.3) is 0 Å². The van der Waals surface area contributed by atoms with Crippen LogP contribution in [-0.4, -0.2) is 38.0 Å². The summed E-state index contributed by atoms with van der Waals surface area (Å²) in [5.74, 6) is 0.236. The zero-order valence-corrected chi connectivity index (χ0v) is 11.2. The van der Waals surface area contributed by atoms with Crippen molar-refractivity contribution in [1.82, 2.24) is 9.55 Å². The normalized spacial score (nSPS) is 30.5. The van der Waals surface area contributed by atoms with E-state index >= 15 is 0 Å². The number of nitrogens with one attached hydrogen (secondary N) is 1. The summed E-state index contributed by atoms with van der Waals surface area (Å²) in [6.45, 7) is 1.72. The van der Waals surface area contributed by atoms with E-state index in [1.165, 1.54) is 16.8 Å². The quantitative estimate of drug-likeness (QED) is 0.554. The number of hydrogen-bond acceptors (Lipinski definition) is 6. The van der Waals surface area contributed by atoms with E-state index < -0.39 is 17.5 Å². The van der Waals surface area contributed by atoms with Crippen molar-refractivity contribution in [2.45, 2.75) is 25.2 Å². The van der Waals surface area contributed by atoms with Crippen molar-refractivity contribution in [2.24, 2.45) is 5.92 Å². The van der Waals surface area contributed by atoms with Gasteiger partial charge in [-0.05, 0) is 18.4 Å². The molecular formula is C11H16ClN3O4. The lowest BCUT2D eigenvalue weighted by atomic mass is 9.91. The Hall–Kier alpha value is -1.15. The second-order valence-corrected chi connectivity index (χ2v) is 4.95. The maximum atomic E-state index is 11.8. The lowest BCUT2D eigenvalue weighted by molar-refractivity contribution is -0.0968. The summed E-state index contributed by atoms with van der Waals surface area (Å²) in [5, 5.41) is 18.1. The molecule has 3 N–H and O–H groups in total. The third-order valence-corrected chi connectivity index (χ3v) is 4.03. The minimum atomic E-state index is -0.834. The van der Waals surface area contributed by atoms with Gasteiger partial charge in [0.1, 0.15) is 11.8 Å². The monoisotopic (exact) mass is 289 g/mol. The van der Waals surface area contributed by atoms with E-state index in [0.29, 0.717) is 6.42 Å². The first-order chi connectivity index (χ1) is 9.06. The van der Waals surface area contributed by atoms with Gasteiger partial charge in [0.2, 0.25) is 0 Å². The van der Waals surface area contributed by atoms with Crippen LogP contribution in [0, 0.1) is 5.92 Å². The van der Waals surface area contributed by atoms with Crippen molar-refractivity contribution < 1.29 is 15.1 Å². The van der Waals surface area contributed by atoms with Gasteiger partial charge in [-0.1, -0.05) is 6.92 Å². The molecule has 1 aromatic heterocycles. The summed E-state index contributed by atoms with van der Waals surface area (Å²) in [6.07, 6.45) is 1.52. The van der Waals surface area contributed by atoms with Gasteiger partial charge in [0.05, 0.1) is 12.5 Å². The first kappa shape index (κ1) is 14.3. The minimum absolute atomic E-state index is 0.0162. The highest BCUT2D eigenvalue weighted by Crippen LogP contribution is 2.41. The Labute approximate surface area is 114 Å². The molecule has 0 spiro atoms. The molecule has 0 aliphatic carbocycles. The molecule has 8 heteroatoms. The van der Waals surface area contributed by atoms with Gasteiger partial charge in [-0.2, -0.15) is 4.98 Å². The topological polar surface area (TPSA) is 96.6 Å². The summed E-state index contributed by atoms with van der Waals surface area (Å²) < 4.78 is 7.08. The van der Waals surface area contributed by atoms with Crippen molar-refractivity contribution in [3.05, 3.63) is 22.7 Å². The van der Waals surface area contributed by atoms with Crippen LogP contribution in [0.3, 0.4) is 0 Å². The fraction of sp³-hybridized carbons (Fsp3) is 0.636. The van der Waals surface area contributed by atoms with Crippen LogP contribution in [0.5, 0.6) is 0 Å². The Morgan fingerprint density at radius 2 is 2.47 bits per heavy atom. The average molecular weight is 290 g/mol. The van der Waals surface area contributed by atoms with Crippen LogP contribution in [0.15, 0.2) is 17.1 Å². The van der Waals surface area contributed by atoms with Crippen molar-refractivity contribution in [1.29, 1.82) is 0 Å². The Morgan fingerprint density at radius 3 is 2.95 bits per heavy atom. The predicted molar refractivity (Wildman–Crippen MR) is 68.3 cm³/mol. The maximum Gasteiger partial charge on any atom is 0.351 e. The molecule has 0 unspecified atom stereocenters. The highest BCUT2D eigenvalue weighted by molar-refractivity contribution is 6.18. The fourth-order valence-electron chi connectivity index (χ4n) is 2.22. The molecule has 19 heavy (non-hydrogen) atoms. The molecule has 1 saturated heterocycles. The number of anilines is 1. The third kappa shape index (κ3) is 2.46. The SMILES string of the molecule is C[C@H]1C[C@H](n2ccc(NO)nc2=O)O[C@@]1(CO)CCl. The van der Waals surface area contributed by atoms with Crippen LogP contribution >= 0.6 is 11.6 Å². The van der Waals surface area contributed by atoms with Gasteiger partial charge < -0.3 is 9.84 Å². The summed E-state index contributed by atoms with van der Waals surface area (Å²) in [4.78, 5) is 15.4. The zero-order valence-electron chi connectivity index (χ0n) is 10.4. The molecule has 3 atom stereocenters. The van der Waals surface area contributed by atoms with Crippen LogP contribution in [0.1, 0.15) is 19.6 Å². The number of alkyl halides is 1. The van der Waals surface area contributed by atoms with Gasteiger partial charge in [-0.3, -0.25) is 15.3 Å². The van der Waals surface area contributed by atoms with Gasteiger partial charge >= 0.3 is 5.69 Å². The first-order valence-electron chi connectivity index (χ1n) is 5.90. The standard InChI is InChI=1S/C11H16ClN3O4/c1-7-4-9(19-11(7,5-12)6-16)15-3-2-8(14-18)13-10(15)17/h2-3,7,9,16,18H,4-6H2,1H3,(H,13,14,17)/t7-,9+,11+/m0/s1. The average Bonchev–Trinajstić information content (AvgIpc) is 2.76. The summed E-state index contributed by atoms with van der Waals surface area (Å²) in [6, 6.07) is 1.45. The van der Waals surface area contributed by atoms with Crippen LogP contribution in [-0.2, 0) is 4.74 Å². The molecule has 1 aliphatic heterocycles. The van der Waals surface area contributed by atoms with E-state index in [4.69, 9.17) is 21.5 Å². The van der Waals surface area contributed by atoms with Crippen LogP contribution in [0.4, 0.5) is 5.82 Å². The van der Waals surface area contributed by atoms with Crippen LogP contribution < -0.4 is 11.2 Å². The van der Waals surface area contributed by atoms with Gasteiger partial charge in [0.15, 0.2) is 5.82 Å². The summed E-state index contributed by atoms with van der Waals surface area (Å²) >= 11 is 5.87. The van der Waals surface area contributed by atoms with E-state index in [0.717, 1.165) is 0 Å². The molecule has 0 radical (unpaired) electrons. The molecule has 106 valence electrons. The van der Waals surface area contributed by atoms with Gasteiger partial charge in [-0.25, -0.2) is 4.79 Å². The zero-order chi connectivity index (χ0) is 14.0. The second kappa shape index (κ2) is 5.46. The molecule has 2 rings (SSSR count). The first-order valence-corrected chi connectivity index (χ1v) is 6.43. The number of hydrogen-bond donors (Lipinski definition) is 3. The van der Waals surface area contributed by atoms with E-state index in [1.807, 2.05) is 6.92 Å². The van der Waals surface area contributed by atoms with Crippen molar-refractivity contribution in [3.63, 3.8) is 0 Å². The molecule has 0 aromatic carbocycles. The third-order valence-electron chi connectivity index (χ3n) is 3.57. The highest BCUT2D eigenvalue weighted by Gasteiger charge is 2.46. The van der Waals surface area contributed by atoms with Gasteiger partial charge in [0, 0.05) is 6.20 Å². The van der Waals surface area contributed by atoms with Crippen LogP contribution in [0.2, 0.25) is 0 Å². The van der Waals surface area contributed by atoms with Crippen LogP contribution in [0.25, 0.3) is 0 Å². The molecule has 0 bridgehead atoms. The van der Waals surface area contributed by atoms with E-state index in [2.05, 4.69) is 4.98 Å². The largest absolute Gasteiger partial charge is 0.393 e. The molecule has 2 heterocycles. The molecule has 7 nitrogen and oxygen atoms in total. The molecule has 0 saturated carbocycles. The maximum absolute atomic E-state index is 11.8. The second-order valence-electron chi connectivity index (χ2n) is 4.68. The van der Waals surface area contributed by atoms with E-state index in [1.54, 1.807) is 5.48 Å². The molecule has 1 aliphatic rings. The Balaban J connectivity index is 2.28. The van der Waals surface area contributed by atoms with Crippen molar-refractivity contribution in [2.75, 3.05) is 18.0 Å². The highest BCUT2D eigenvalue weighted by atomic mass is 35.5. The molecule has 1 fully saturated rings. The Kier molecular flexibility index (Phi) is 4.10. The smallest absolute Gasteiger partial charge is 0.351 e. The van der Waals surface area contributed by atoms with E-state index in [-0.39, 0.29) is 24.2 Å². The minimum Gasteiger partial charge on any atom is -0.393 e. The Bertz CT molecular complexity index is 503. The summed E-state index contributed by atoms with van der Waals surface area (Å²) in [5.41, 5.74) is 0.431. The van der Waals surface area contributed by atoms with Gasteiger partial charge in [-0.15, -0.1) is 11.6 Å². The number of rotatable bonds is 4.